The van der Waals surface area contributed by atoms with Crippen molar-refractivity contribution in [3.05, 3.63) is 29.2 Å². The average molecular weight is 502 g/mol. The minimum Gasteiger partial charge on any atom is -0.444 e. The second-order valence-electron chi connectivity index (χ2n) is 8.69. The minimum absolute atomic E-state index is 0.0886. The largest absolute Gasteiger partial charge is 0.522 e. The van der Waals surface area contributed by atoms with Crippen LogP contribution in [0.4, 0.5) is 23.8 Å². The van der Waals surface area contributed by atoms with Crippen LogP contribution in [0.25, 0.3) is 0 Å². The third kappa shape index (κ3) is 8.55. The molecular formula is C21H29F3N6O5. The van der Waals surface area contributed by atoms with Gasteiger partial charge in [0.05, 0.1) is 24.6 Å². The molecule has 2 aromatic rings. The number of alkyl halides is 3. The molecule has 3 N–H and O–H groups in total. The Morgan fingerprint density at radius 2 is 2.14 bits per heavy atom. The van der Waals surface area contributed by atoms with E-state index >= 15 is 0 Å². The number of ether oxygens (including phenoxy) is 3. The fourth-order valence-electron chi connectivity index (χ4n) is 3.30. The Bertz CT molecular complexity index is 984. The van der Waals surface area contributed by atoms with Crippen LogP contribution in [-0.2, 0) is 32.5 Å². The zero-order valence-corrected chi connectivity index (χ0v) is 19.6. The summed E-state index contributed by atoms with van der Waals surface area (Å²) in [5.74, 6) is 0.437. The summed E-state index contributed by atoms with van der Waals surface area (Å²) in [6, 6.07) is 3.44. The van der Waals surface area contributed by atoms with Gasteiger partial charge in [-0.2, -0.15) is 10.2 Å². The van der Waals surface area contributed by atoms with Crippen LogP contribution in [-0.4, -0.2) is 63.7 Å². The van der Waals surface area contributed by atoms with Gasteiger partial charge in [-0.05, 0) is 32.8 Å². The molecule has 1 aliphatic heterocycles. The van der Waals surface area contributed by atoms with Gasteiger partial charge in [-0.25, -0.2) is 4.79 Å². The number of hydrogen-bond donors (Lipinski definition) is 3. The zero-order chi connectivity index (χ0) is 25.6. The number of alkyl carbamates (subject to hydrolysis) is 1. The molecule has 4 rings (SSSR count). The highest BCUT2D eigenvalue weighted by molar-refractivity contribution is 5.69. The van der Waals surface area contributed by atoms with E-state index in [1.54, 1.807) is 23.9 Å². The highest BCUT2D eigenvalue weighted by atomic mass is 19.4. The van der Waals surface area contributed by atoms with E-state index in [1.807, 2.05) is 13.8 Å². The molecule has 2 aliphatic rings. The number of H-pyrrole nitrogens is 1. The lowest BCUT2D eigenvalue weighted by molar-refractivity contribution is -0.324. The molecule has 3 heterocycles. The van der Waals surface area contributed by atoms with Gasteiger partial charge in [0.25, 0.3) is 0 Å². The summed E-state index contributed by atoms with van der Waals surface area (Å²) in [6.07, 6.45) is -2.16. The molecule has 2 amide bonds. The van der Waals surface area contributed by atoms with Crippen molar-refractivity contribution in [3.8, 4) is 0 Å². The Morgan fingerprint density at radius 3 is 2.74 bits per heavy atom. The lowest BCUT2D eigenvalue weighted by Gasteiger charge is -2.15. The van der Waals surface area contributed by atoms with Crippen molar-refractivity contribution < 1.29 is 37.0 Å². The summed E-state index contributed by atoms with van der Waals surface area (Å²) < 4.78 is 51.0. The van der Waals surface area contributed by atoms with Gasteiger partial charge >= 0.3 is 12.5 Å². The summed E-state index contributed by atoms with van der Waals surface area (Å²) in [7, 11) is 1.74. The van der Waals surface area contributed by atoms with Crippen LogP contribution in [0, 0.1) is 6.92 Å². The van der Waals surface area contributed by atoms with E-state index in [4.69, 9.17) is 9.47 Å². The van der Waals surface area contributed by atoms with E-state index in [0.717, 1.165) is 24.2 Å². The van der Waals surface area contributed by atoms with Gasteiger partial charge < -0.3 is 20.1 Å². The second kappa shape index (κ2) is 11.1. The molecule has 14 heteroatoms. The summed E-state index contributed by atoms with van der Waals surface area (Å²) >= 11 is 0. The van der Waals surface area contributed by atoms with Crippen LogP contribution in [0.5, 0.6) is 0 Å². The number of hydrogen-bond acceptors (Lipinski definition) is 7. The van der Waals surface area contributed by atoms with Crippen LogP contribution < -0.4 is 10.6 Å². The standard InChI is InChI=1S/C13H18N4O4.C8H11F3N2O/c1-13(2-3-13)15-12(19)21-8-4-10(20-6-8)9-5-11(14-7-18)17-16-9;1-6-5-7(12-13(6)2)3-4-14-8(9,10)11/h5,7-8,10H,2-4,6H2,1H3,(H,15,19)(H2,14,16,17,18);5H,3-4H2,1-2H3. The summed E-state index contributed by atoms with van der Waals surface area (Å²) in [5.41, 5.74) is 2.18. The molecule has 0 aromatic carbocycles. The molecule has 2 atom stereocenters. The first-order chi connectivity index (χ1) is 16.5. The number of halogens is 3. The minimum atomic E-state index is -4.55. The molecule has 11 nitrogen and oxygen atoms in total. The number of aromatic nitrogens is 4. The van der Waals surface area contributed by atoms with Gasteiger partial charge in [-0.3, -0.25) is 19.3 Å². The average Bonchev–Trinajstić information content (AvgIpc) is 3.13. The Hall–Kier alpha value is -3.13. The smallest absolute Gasteiger partial charge is 0.444 e. The van der Waals surface area contributed by atoms with Crippen molar-refractivity contribution in [3.63, 3.8) is 0 Å². The molecule has 0 spiro atoms. The van der Waals surface area contributed by atoms with Gasteiger partial charge in [-0.15, -0.1) is 13.2 Å². The molecule has 0 radical (unpaired) electrons. The predicted octanol–water partition coefficient (Wildman–Crippen LogP) is 2.89. The van der Waals surface area contributed by atoms with Crippen molar-refractivity contribution in [1.82, 2.24) is 25.3 Å². The highest BCUT2D eigenvalue weighted by Crippen LogP contribution is 2.35. The van der Waals surface area contributed by atoms with E-state index in [2.05, 4.69) is 30.7 Å². The van der Waals surface area contributed by atoms with Crippen LogP contribution in [0.2, 0.25) is 0 Å². The highest BCUT2D eigenvalue weighted by Gasteiger charge is 2.40. The number of nitrogens with zero attached hydrogens (tertiary/aromatic N) is 3. The number of carbonyl (C=O) groups excluding carboxylic acids is 2. The maximum absolute atomic E-state index is 11.7. The topological polar surface area (TPSA) is 132 Å². The quantitative estimate of drug-likeness (QED) is 0.473. The van der Waals surface area contributed by atoms with Crippen LogP contribution in [0.15, 0.2) is 12.1 Å². The van der Waals surface area contributed by atoms with Gasteiger partial charge in [0.15, 0.2) is 5.82 Å². The third-order valence-electron chi connectivity index (χ3n) is 5.58. The number of rotatable bonds is 8. The number of nitrogens with one attached hydrogen (secondary N) is 3. The fourth-order valence-corrected chi connectivity index (χ4v) is 3.30. The lowest BCUT2D eigenvalue weighted by atomic mass is 10.1. The summed E-state index contributed by atoms with van der Waals surface area (Å²) in [6.45, 7) is 3.79. The van der Waals surface area contributed by atoms with E-state index < -0.39 is 12.5 Å². The monoisotopic (exact) mass is 502 g/mol. The molecule has 2 aromatic heterocycles. The molecule has 1 saturated carbocycles. The molecule has 1 aliphatic carbocycles. The van der Waals surface area contributed by atoms with Crippen LogP contribution in [0.3, 0.4) is 0 Å². The zero-order valence-electron chi connectivity index (χ0n) is 19.6. The van der Waals surface area contributed by atoms with Crippen molar-refractivity contribution in [2.24, 2.45) is 7.05 Å². The molecule has 1 saturated heterocycles. The van der Waals surface area contributed by atoms with E-state index in [0.29, 0.717) is 30.9 Å². The third-order valence-corrected chi connectivity index (χ3v) is 5.58. The Labute approximate surface area is 199 Å². The van der Waals surface area contributed by atoms with Gasteiger partial charge in [0.1, 0.15) is 12.2 Å². The first-order valence-corrected chi connectivity index (χ1v) is 11.0. The van der Waals surface area contributed by atoms with Crippen LogP contribution >= 0.6 is 0 Å². The molecular weight excluding hydrogens is 473 g/mol. The van der Waals surface area contributed by atoms with E-state index in [9.17, 15) is 22.8 Å². The fraction of sp³-hybridized carbons (Fsp3) is 0.619. The Balaban J connectivity index is 0.000000214. The maximum atomic E-state index is 11.7. The van der Waals surface area contributed by atoms with E-state index in [-0.39, 0.29) is 30.8 Å². The first-order valence-electron chi connectivity index (χ1n) is 11.0. The number of anilines is 1. The van der Waals surface area contributed by atoms with Gasteiger partial charge in [0.2, 0.25) is 6.41 Å². The number of aryl methyl sites for hydroxylation is 2. The second-order valence-corrected chi connectivity index (χ2v) is 8.69. The molecule has 2 unspecified atom stereocenters. The molecule has 194 valence electrons. The van der Waals surface area contributed by atoms with Gasteiger partial charge in [-0.1, -0.05) is 0 Å². The first kappa shape index (κ1) is 26.5. The van der Waals surface area contributed by atoms with E-state index in [1.165, 1.54) is 0 Å². The molecule has 2 fully saturated rings. The SMILES string of the molecule is CC1(NC(=O)OC2COC(c3cc(NC=O)n[nH]3)C2)CC1.Cc1cc(CCOC(F)(F)F)nn1C. The van der Waals surface area contributed by atoms with Crippen LogP contribution in [0.1, 0.15) is 49.4 Å². The molecule has 35 heavy (non-hydrogen) atoms. The Kier molecular flexibility index (Phi) is 8.38. The lowest BCUT2D eigenvalue weighted by Crippen LogP contribution is -2.37. The number of amides is 2. The summed E-state index contributed by atoms with van der Waals surface area (Å²) in [4.78, 5) is 22.1. The predicted molar refractivity (Wildman–Crippen MR) is 116 cm³/mol. The molecule has 0 bridgehead atoms. The van der Waals surface area contributed by atoms with Crippen molar-refractivity contribution in [2.45, 2.75) is 63.6 Å². The van der Waals surface area contributed by atoms with Crippen molar-refractivity contribution >= 4 is 18.3 Å². The normalized spacial score (nSPS) is 20.5. The number of carbonyl (C=O) groups is 2. The maximum Gasteiger partial charge on any atom is 0.522 e. The number of aromatic amines is 1. The van der Waals surface area contributed by atoms with Gasteiger partial charge in [0, 0.05) is 37.2 Å². The Morgan fingerprint density at radius 1 is 1.40 bits per heavy atom. The van der Waals surface area contributed by atoms with Crippen molar-refractivity contribution in [2.75, 3.05) is 18.5 Å². The summed E-state index contributed by atoms with van der Waals surface area (Å²) in [5, 5.41) is 16.0. The van der Waals surface area contributed by atoms with Crippen molar-refractivity contribution in [1.29, 1.82) is 0 Å².